The van der Waals surface area contributed by atoms with Gasteiger partial charge in [0.05, 0.1) is 13.2 Å². The van der Waals surface area contributed by atoms with Gasteiger partial charge in [0.1, 0.15) is 11.6 Å². The molecule has 20 heavy (non-hydrogen) atoms. The second-order valence-corrected chi connectivity index (χ2v) is 5.06. The van der Waals surface area contributed by atoms with Crippen LogP contribution >= 0.6 is 0 Å². The first-order valence-electron chi connectivity index (χ1n) is 6.55. The van der Waals surface area contributed by atoms with Crippen molar-refractivity contribution in [3.05, 3.63) is 53.9 Å². The Balaban J connectivity index is 2.23. The first kappa shape index (κ1) is 14.7. The predicted octanol–water partition coefficient (Wildman–Crippen LogP) is 1.41. The number of imidazole rings is 1. The van der Waals surface area contributed by atoms with Crippen LogP contribution in [0.3, 0.4) is 0 Å². The first-order valence-corrected chi connectivity index (χ1v) is 6.55. The molecule has 0 aliphatic heterocycles. The van der Waals surface area contributed by atoms with Gasteiger partial charge in [0.15, 0.2) is 0 Å². The van der Waals surface area contributed by atoms with E-state index >= 15 is 0 Å². The quantitative estimate of drug-likeness (QED) is 0.840. The zero-order valence-electron chi connectivity index (χ0n) is 11.5. The average Bonchev–Trinajstić information content (AvgIpc) is 2.86. The molecular weight excluding hydrogens is 259 g/mol. The standard InChI is InChI=1S/C15H19FN2O2/c1-18-8-7-17-14(18)5-6-15(10-19,11-20)12-3-2-4-13(16)9-12/h2-4,7-9,19-20H,5-6,10-11H2,1H3. The lowest BCUT2D eigenvalue weighted by atomic mass is 9.78. The van der Waals surface area contributed by atoms with Crippen molar-refractivity contribution in [2.45, 2.75) is 18.3 Å². The monoisotopic (exact) mass is 278 g/mol. The molecule has 0 spiro atoms. The van der Waals surface area contributed by atoms with Crippen LogP contribution in [0.25, 0.3) is 0 Å². The highest BCUT2D eigenvalue weighted by Crippen LogP contribution is 2.29. The van der Waals surface area contributed by atoms with Gasteiger partial charge in [-0.05, 0) is 24.1 Å². The Hall–Kier alpha value is -1.72. The maximum Gasteiger partial charge on any atom is 0.123 e. The Morgan fingerprint density at radius 1 is 1.30 bits per heavy atom. The molecule has 0 atom stereocenters. The fourth-order valence-electron chi connectivity index (χ4n) is 2.34. The summed E-state index contributed by atoms with van der Waals surface area (Å²) in [7, 11) is 1.89. The molecule has 2 N–H and O–H groups in total. The number of rotatable bonds is 6. The molecule has 4 nitrogen and oxygen atoms in total. The molecule has 1 aromatic carbocycles. The molecule has 0 aliphatic carbocycles. The van der Waals surface area contributed by atoms with Gasteiger partial charge in [0, 0.05) is 31.3 Å². The normalized spacial score (nSPS) is 11.8. The predicted molar refractivity (Wildman–Crippen MR) is 73.8 cm³/mol. The number of hydrogen-bond acceptors (Lipinski definition) is 3. The Labute approximate surface area is 117 Å². The number of aliphatic hydroxyl groups excluding tert-OH is 2. The summed E-state index contributed by atoms with van der Waals surface area (Å²) < 4.78 is 15.3. The first-order chi connectivity index (χ1) is 9.61. The van der Waals surface area contributed by atoms with E-state index < -0.39 is 5.41 Å². The van der Waals surface area contributed by atoms with Gasteiger partial charge in [-0.25, -0.2) is 9.37 Å². The summed E-state index contributed by atoms with van der Waals surface area (Å²) in [6.45, 7) is -0.477. The smallest absolute Gasteiger partial charge is 0.123 e. The summed E-state index contributed by atoms with van der Waals surface area (Å²) in [4.78, 5) is 4.22. The molecule has 0 radical (unpaired) electrons. The van der Waals surface area contributed by atoms with Gasteiger partial charge in [0.2, 0.25) is 0 Å². The van der Waals surface area contributed by atoms with E-state index in [0.717, 1.165) is 5.82 Å². The number of aromatic nitrogens is 2. The van der Waals surface area contributed by atoms with Crippen LogP contribution in [0, 0.1) is 5.82 Å². The molecule has 1 heterocycles. The van der Waals surface area contributed by atoms with Crippen LogP contribution < -0.4 is 0 Å². The van der Waals surface area contributed by atoms with Gasteiger partial charge in [-0.2, -0.15) is 0 Å². The van der Waals surface area contributed by atoms with Crippen molar-refractivity contribution in [3.8, 4) is 0 Å². The van der Waals surface area contributed by atoms with Crippen LogP contribution in [-0.4, -0.2) is 33.0 Å². The number of nitrogens with zero attached hydrogens (tertiary/aromatic N) is 2. The Morgan fingerprint density at radius 3 is 2.60 bits per heavy atom. The van der Waals surface area contributed by atoms with Crippen molar-refractivity contribution >= 4 is 0 Å². The van der Waals surface area contributed by atoms with E-state index in [0.29, 0.717) is 18.4 Å². The van der Waals surface area contributed by atoms with E-state index in [1.54, 1.807) is 18.3 Å². The van der Waals surface area contributed by atoms with Crippen molar-refractivity contribution in [1.29, 1.82) is 0 Å². The lowest BCUT2D eigenvalue weighted by Gasteiger charge is -2.30. The molecule has 0 fully saturated rings. The molecule has 0 saturated heterocycles. The van der Waals surface area contributed by atoms with Crippen molar-refractivity contribution in [3.63, 3.8) is 0 Å². The highest BCUT2D eigenvalue weighted by molar-refractivity contribution is 5.27. The van der Waals surface area contributed by atoms with Gasteiger partial charge in [-0.3, -0.25) is 0 Å². The zero-order valence-corrected chi connectivity index (χ0v) is 11.5. The van der Waals surface area contributed by atoms with E-state index in [4.69, 9.17) is 0 Å². The Bertz CT molecular complexity index is 565. The van der Waals surface area contributed by atoms with Crippen LogP contribution in [0.15, 0.2) is 36.7 Å². The second kappa shape index (κ2) is 6.15. The van der Waals surface area contributed by atoms with Gasteiger partial charge >= 0.3 is 0 Å². The van der Waals surface area contributed by atoms with E-state index in [1.165, 1.54) is 12.1 Å². The summed E-state index contributed by atoms with van der Waals surface area (Å²) in [5.41, 5.74) is -0.245. The van der Waals surface area contributed by atoms with Crippen molar-refractivity contribution in [1.82, 2.24) is 9.55 Å². The van der Waals surface area contributed by atoms with Crippen LogP contribution in [0.1, 0.15) is 17.8 Å². The maximum absolute atomic E-state index is 13.4. The summed E-state index contributed by atoms with van der Waals surface area (Å²) in [5.74, 6) is 0.499. The molecule has 108 valence electrons. The van der Waals surface area contributed by atoms with Crippen LogP contribution in [0.4, 0.5) is 4.39 Å². The molecule has 0 aliphatic rings. The fourth-order valence-corrected chi connectivity index (χ4v) is 2.34. The van der Waals surface area contributed by atoms with Crippen LogP contribution in [0.5, 0.6) is 0 Å². The summed E-state index contributed by atoms with van der Waals surface area (Å²) in [6.07, 6.45) is 4.64. The van der Waals surface area contributed by atoms with Gasteiger partial charge < -0.3 is 14.8 Å². The summed E-state index contributed by atoms with van der Waals surface area (Å²) in [5, 5.41) is 19.4. The van der Waals surface area contributed by atoms with E-state index in [9.17, 15) is 14.6 Å². The highest BCUT2D eigenvalue weighted by Gasteiger charge is 2.31. The third kappa shape index (κ3) is 2.89. The minimum absolute atomic E-state index is 0.239. The Kier molecular flexibility index (Phi) is 4.52. The molecule has 0 bridgehead atoms. The van der Waals surface area contributed by atoms with E-state index in [2.05, 4.69) is 4.98 Å². The minimum atomic E-state index is -0.853. The third-order valence-corrected chi connectivity index (χ3v) is 3.79. The van der Waals surface area contributed by atoms with Crippen molar-refractivity contribution < 1.29 is 14.6 Å². The molecule has 2 aromatic rings. The highest BCUT2D eigenvalue weighted by atomic mass is 19.1. The van der Waals surface area contributed by atoms with Gasteiger partial charge in [0.25, 0.3) is 0 Å². The lowest BCUT2D eigenvalue weighted by Crippen LogP contribution is -2.35. The van der Waals surface area contributed by atoms with Crippen LogP contribution in [-0.2, 0) is 18.9 Å². The molecule has 1 aromatic heterocycles. The number of benzene rings is 1. The average molecular weight is 278 g/mol. The SMILES string of the molecule is Cn1ccnc1CCC(CO)(CO)c1cccc(F)c1. The van der Waals surface area contributed by atoms with E-state index in [1.807, 2.05) is 17.8 Å². The number of hydrogen-bond donors (Lipinski definition) is 2. The lowest BCUT2D eigenvalue weighted by molar-refractivity contribution is 0.109. The minimum Gasteiger partial charge on any atom is -0.395 e. The Morgan fingerprint density at radius 2 is 2.05 bits per heavy atom. The van der Waals surface area contributed by atoms with E-state index in [-0.39, 0.29) is 19.0 Å². The maximum atomic E-state index is 13.4. The second-order valence-electron chi connectivity index (χ2n) is 5.06. The number of aliphatic hydroxyl groups is 2. The molecule has 5 heteroatoms. The number of aryl methyl sites for hydroxylation is 2. The molecule has 0 saturated carbocycles. The number of halogens is 1. The van der Waals surface area contributed by atoms with Crippen LogP contribution in [0.2, 0.25) is 0 Å². The molecule has 0 unspecified atom stereocenters. The molecular formula is C15H19FN2O2. The third-order valence-electron chi connectivity index (χ3n) is 3.79. The summed E-state index contributed by atoms with van der Waals surface area (Å²) in [6, 6.07) is 6.03. The topological polar surface area (TPSA) is 58.3 Å². The zero-order chi connectivity index (χ0) is 14.6. The van der Waals surface area contributed by atoms with Gasteiger partial charge in [-0.1, -0.05) is 12.1 Å². The van der Waals surface area contributed by atoms with Crippen molar-refractivity contribution in [2.24, 2.45) is 7.05 Å². The summed E-state index contributed by atoms with van der Waals surface area (Å²) >= 11 is 0. The molecule has 0 amide bonds. The van der Waals surface area contributed by atoms with Crippen molar-refractivity contribution in [2.75, 3.05) is 13.2 Å². The van der Waals surface area contributed by atoms with Gasteiger partial charge in [-0.15, -0.1) is 0 Å². The fraction of sp³-hybridized carbons (Fsp3) is 0.400. The molecule has 2 rings (SSSR count). The largest absolute Gasteiger partial charge is 0.395 e.